The molecule has 0 saturated heterocycles. The van der Waals surface area contributed by atoms with Crippen LogP contribution in [-0.2, 0) is 9.53 Å². The molecule has 5 heteroatoms. The normalized spacial score (nSPS) is 12.0. The van der Waals surface area contributed by atoms with Crippen LogP contribution in [0.1, 0.15) is 38.8 Å². The molecule has 0 fully saturated rings. The van der Waals surface area contributed by atoms with Crippen LogP contribution in [0, 0.1) is 5.82 Å². The zero-order valence-electron chi connectivity index (χ0n) is 12.2. The van der Waals surface area contributed by atoms with Gasteiger partial charge in [-0.2, -0.15) is 0 Å². The van der Waals surface area contributed by atoms with E-state index in [0.717, 1.165) is 0 Å². The lowest BCUT2D eigenvalue weighted by atomic mass is 10.1. The number of amides is 1. The third-order valence-corrected chi connectivity index (χ3v) is 2.81. The Hall–Kier alpha value is -1.62. The minimum absolute atomic E-state index is 0.111. The fourth-order valence-electron chi connectivity index (χ4n) is 1.77. The second-order valence-corrected chi connectivity index (χ2v) is 4.36. The van der Waals surface area contributed by atoms with E-state index in [1.165, 1.54) is 6.07 Å². The van der Waals surface area contributed by atoms with Crippen molar-refractivity contribution in [3.05, 3.63) is 29.6 Å². The molecular weight excluding hydrogens is 261 g/mol. The van der Waals surface area contributed by atoms with Crippen LogP contribution in [-0.4, -0.2) is 25.7 Å². The first-order chi connectivity index (χ1) is 9.58. The Balaban J connectivity index is 2.56. The third kappa shape index (κ3) is 5.17. The summed E-state index contributed by atoms with van der Waals surface area (Å²) in [4.78, 5) is 11.6. The summed E-state index contributed by atoms with van der Waals surface area (Å²) < 4.78 is 24.0. The molecule has 4 nitrogen and oxygen atoms in total. The van der Waals surface area contributed by atoms with E-state index in [1.807, 2.05) is 13.8 Å². The van der Waals surface area contributed by atoms with E-state index >= 15 is 0 Å². The summed E-state index contributed by atoms with van der Waals surface area (Å²) in [5.74, 6) is -0.300. The highest BCUT2D eigenvalue weighted by Crippen LogP contribution is 2.22. The number of halogens is 1. The highest BCUT2D eigenvalue weighted by atomic mass is 19.1. The number of hydrogen-bond donors (Lipinski definition) is 1. The van der Waals surface area contributed by atoms with Crippen LogP contribution in [0.5, 0.6) is 5.75 Å². The molecule has 0 aromatic heterocycles. The first-order valence-electron chi connectivity index (χ1n) is 6.87. The highest BCUT2D eigenvalue weighted by Gasteiger charge is 2.12. The average Bonchev–Trinajstić information content (AvgIpc) is 2.41. The fourth-order valence-corrected chi connectivity index (χ4v) is 1.77. The first-order valence-corrected chi connectivity index (χ1v) is 6.87. The number of hydrogen-bond acceptors (Lipinski definition) is 3. The van der Waals surface area contributed by atoms with Crippen molar-refractivity contribution in [2.75, 3.05) is 19.8 Å². The number of benzene rings is 1. The van der Waals surface area contributed by atoms with Gasteiger partial charge in [-0.1, -0.05) is 6.07 Å². The topological polar surface area (TPSA) is 47.6 Å². The van der Waals surface area contributed by atoms with Gasteiger partial charge in [-0.3, -0.25) is 4.79 Å². The summed E-state index contributed by atoms with van der Waals surface area (Å²) in [6, 6.07) is 4.46. The van der Waals surface area contributed by atoms with Crippen LogP contribution in [0.3, 0.4) is 0 Å². The largest absolute Gasteiger partial charge is 0.491 e. The standard InChI is InChI=1S/C15H22FNO3/c1-4-19-9-8-15(18)17-11(3)12-6-7-14(20-5-2)13(16)10-12/h6-7,10-11H,4-5,8-9H2,1-3H3,(H,17,18). The van der Waals surface area contributed by atoms with Crippen LogP contribution in [0.4, 0.5) is 4.39 Å². The Morgan fingerprint density at radius 2 is 2.10 bits per heavy atom. The molecule has 1 unspecified atom stereocenters. The maximum absolute atomic E-state index is 13.7. The van der Waals surface area contributed by atoms with Crippen molar-refractivity contribution in [3.63, 3.8) is 0 Å². The van der Waals surface area contributed by atoms with E-state index in [0.29, 0.717) is 31.8 Å². The van der Waals surface area contributed by atoms with Crippen LogP contribution in [0.25, 0.3) is 0 Å². The summed E-state index contributed by atoms with van der Waals surface area (Å²) in [6.45, 7) is 6.89. The molecule has 0 heterocycles. The molecule has 1 amide bonds. The van der Waals surface area contributed by atoms with Gasteiger partial charge in [0.2, 0.25) is 5.91 Å². The first kappa shape index (κ1) is 16.4. The molecule has 0 radical (unpaired) electrons. The maximum atomic E-state index is 13.7. The van der Waals surface area contributed by atoms with Crippen molar-refractivity contribution >= 4 is 5.91 Å². The summed E-state index contributed by atoms with van der Waals surface area (Å²) in [5.41, 5.74) is 0.704. The lowest BCUT2D eigenvalue weighted by molar-refractivity contribution is -0.122. The minimum Gasteiger partial charge on any atom is -0.491 e. The van der Waals surface area contributed by atoms with Crippen molar-refractivity contribution in [3.8, 4) is 5.75 Å². The molecule has 1 aromatic rings. The lowest BCUT2D eigenvalue weighted by Gasteiger charge is -2.15. The molecule has 0 bridgehead atoms. The number of ether oxygens (including phenoxy) is 2. The highest BCUT2D eigenvalue weighted by molar-refractivity contribution is 5.76. The molecule has 0 aliphatic heterocycles. The van der Waals surface area contributed by atoms with Gasteiger partial charge < -0.3 is 14.8 Å². The molecule has 1 atom stereocenters. The van der Waals surface area contributed by atoms with Crippen LogP contribution < -0.4 is 10.1 Å². The molecule has 20 heavy (non-hydrogen) atoms. The van der Waals surface area contributed by atoms with Crippen molar-refractivity contribution in [2.45, 2.75) is 33.2 Å². The second kappa shape index (κ2) is 8.53. The quantitative estimate of drug-likeness (QED) is 0.746. The minimum atomic E-state index is -0.417. The van der Waals surface area contributed by atoms with Crippen LogP contribution >= 0.6 is 0 Å². The summed E-state index contributed by atoms with van der Waals surface area (Å²) in [6.07, 6.45) is 0.303. The summed E-state index contributed by atoms with van der Waals surface area (Å²) >= 11 is 0. The predicted octanol–water partition coefficient (Wildman–Crippen LogP) is 2.83. The number of carbonyl (C=O) groups is 1. The Labute approximate surface area is 119 Å². The molecule has 1 aromatic carbocycles. The van der Waals surface area contributed by atoms with E-state index in [9.17, 15) is 9.18 Å². The maximum Gasteiger partial charge on any atom is 0.222 e. The number of carbonyl (C=O) groups excluding carboxylic acids is 1. The molecule has 1 rings (SSSR count). The van der Waals surface area contributed by atoms with E-state index in [-0.39, 0.29) is 17.7 Å². The molecule has 0 aliphatic rings. The van der Waals surface area contributed by atoms with Crippen LogP contribution in [0.15, 0.2) is 18.2 Å². The smallest absolute Gasteiger partial charge is 0.222 e. The van der Waals surface area contributed by atoms with Gasteiger partial charge in [0.25, 0.3) is 0 Å². The third-order valence-electron chi connectivity index (χ3n) is 2.81. The zero-order chi connectivity index (χ0) is 15.0. The zero-order valence-corrected chi connectivity index (χ0v) is 12.2. The van der Waals surface area contributed by atoms with Crippen molar-refractivity contribution in [2.24, 2.45) is 0 Å². The Morgan fingerprint density at radius 1 is 1.35 bits per heavy atom. The van der Waals surface area contributed by atoms with Crippen molar-refractivity contribution < 1.29 is 18.7 Å². The molecule has 0 aliphatic carbocycles. The summed E-state index contributed by atoms with van der Waals surface area (Å²) in [7, 11) is 0. The fraction of sp³-hybridized carbons (Fsp3) is 0.533. The average molecular weight is 283 g/mol. The second-order valence-electron chi connectivity index (χ2n) is 4.36. The Kier molecular flexibility index (Phi) is 7.01. The van der Waals surface area contributed by atoms with Gasteiger partial charge in [-0.25, -0.2) is 4.39 Å². The molecule has 0 saturated carbocycles. The van der Waals surface area contributed by atoms with Gasteiger partial charge in [0.05, 0.1) is 19.3 Å². The van der Waals surface area contributed by atoms with E-state index in [2.05, 4.69) is 5.32 Å². The van der Waals surface area contributed by atoms with Gasteiger partial charge in [-0.15, -0.1) is 0 Å². The number of rotatable bonds is 8. The van der Waals surface area contributed by atoms with Gasteiger partial charge in [-0.05, 0) is 38.5 Å². The molecular formula is C15H22FNO3. The van der Waals surface area contributed by atoms with Gasteiger partial charge in [0.15, 0.2) is 11.6 Å². The monoisotopic (exact) mass is 283 g/mol. The van der Waals surface area contributed by atoms with Crippen LogP contribution in [0.2, 0.25) is 0 Å². The lowest BCUT2D eigenvalue weighted by Crippen LogP contribution is -2.27. The number of nitrogens with one attached hydrogen (secondary N) is 1. The summed E-state index contributed by atoms with van der Waals surface area (Å²) in [5, 5.41) is 2.81. The molecule has 0 spiro atoms. The van der Waals surface area contributed by atoms with E-state index in [1.54, 1.807) is 19.1 Å². The van der Waals surface area contributed by atoms with Gasteiger partial charge in [0.1, 0.15) is 0 Å². The molecule has 112 valence electrons. The van der Waals surface area contributed by atoms with E-state index in [4.69, 9.17) is 9.47 Å². The predicted molar refractivity (Wildman–Crippen MR) is 75.2 cm³/mol. The van der Waals surface area contributed by atoms with Gasteiger partial charge in [0, 0.05) is 13.0 Å². The van der Waals surface area contributed by atoms with E-state index < -0.39 is 5.82 Å². The van der Waals surface area contributed by atoms with Crippen molar-refractivity contribution in [1.29, 1.82) is 0 Å². The molecule has 1 N–H and O–H groups in total. The Bertz CT molecular complexity index is 437. The van der Waals surface area contributed by atoms with Gasteiger partial charge >= 0.3 is 0 Å². The Morgan fingerprint density at radius 3 is 2.70 bits per heavy atom. The SMILES string of the molecule is CCOCCC(=O)NC(C)c1ccc(OCC)c(F)c1. The van der Waals surface area contributed by atoms with Crippen molar-refractivity contribution in [1.82, 2.24) is 5.32 Å².